The molecule has 1 aliphatic rings. The minimum absolute atomic E-state index is 0.142. The van der Waals surface area contributed by atoms with Crippen LogP contribution in [-0.2, 0) is 6.54 Å². The van der Waals surface area contributed by atoms with Crippen molar-refractivity contribution in [3.05, 3.63) is 41.3 Å². The first-order chi connectivity index (χ1) is 11.6. The Hall–Kier alpha value is -2.37. The number of carbonyl (C=O) groups is 1. The number of nitrogens with zero attached hydrogens (tertiary/aromatic N) is 5. The van der Waals surface area contributed by atoms with E-state index >= 15 is 0 Å². The lowest BCUT2D eigenvalue weighted by Gasteiger charge is -2.22. The highest BCUT2D eigenvalue weighted by Gasteiger charge is 2.24. The molecule has 0 aliphatic carbocycles. The molecule has 1 saturated heterocycles. The summed E-state index contributed by atoms with van der Waals surface area (Å²) in [5.74, 6) is 1.03. The van der Waals surface area contributed by atoms with Gasteiger partial charge in [-0.3, -0.25) is 4.79 Å². The van der Waals surface area contributed by atoms with Crippen LogP contribution in [0.1, 0.15) is 35.1 Å². The number of hydrogen-bond donors (Lipinski definition) is 0. The molecule has 1 aliphatic heterocycles. The number of aromatic nitrogens is 3. The van der Waals surface area contributed by atoms with Crippen molar-refractivity contribution >= 4 is 11.7 Å². The highest BCUT2D eigenvalue weighted by Crippen LogP contribution is 2.19. The Morgan fingerprint density at radius 1 is 1.21 bits per heavy atom. The molecule has 1 fully saturated rings. The van der Waals surface area contributed by atoms with Crippen molar-refractivity contribution < 1.29 is 4.79 Å². The summed E-state index contributed by atoms with van der Waals surface area (Å²) in [6.07, 6.45) is 2.62. The van der Waals surface area contributed by atoms with E-state index in [4.69, 9.17) is 0 Å². The fourth-order valence-electron chi connectivity index (χ4n) is 3.49. The van der Waals surface area contributed by atoms with Gasteiger partial charge in [-0.05, 0) is 45.4 Å². The molecule has 3 heterocycles. The molecule has 6 nitrogen and oxygen atoms in total. The summed E-state index contributed by atoms with van der Waals surface area (Å²) >= 11 is 0. The number of hydrogen-bond acceptors (Lipinski definition) is 4. The van der Waals surface area contributed by atoms with Crippen LogP contribution in [0.3, 0.4) is 0 Å². The van der Waals surface area contributed by atoms with Crippen LogP contribution >= 0.6 is 0 Å². The maximum atomic E-state index is 13.0. The van der Waals surface area contributed by atoms with Gasteiger partial charge in [0, 0.05) is 50.3 Å². The fourth-order valence-corrected chi connectivity index (χ4v) is 3.49. The van der Waals surface area contributed by atoms with Crippen molar-refractivity contribution in [2.24, 2.45) is 0 Å². The second kappa shape index (κ2) is 7.03. The van der Waals surface area contributed by atoms with Gasteiger partial charge in [-0.15, -0.1) is 5.10 Å². The van der Waals surface area contributed by atoms with E-state index in [2.05, 4.69) is 33.5 Å². The molecule has 24 heavy (non-hydrogen) atoms. The molecule has 0 atom stereocenters. The Bertz CT molecular complexity index is 710. The maximum Gasteiger partial charge on any atom is 0.255 e. The number of anilines is 1. The van der Waals surface area contributed by atoms with E-state index in [1.165, 1.54) is 0 Å². The Kier molecular flexibility index (Phi) is 4.83. The monoisotopic (exact) mass is 327 g/mol. The van der Waals surface area contributed by atoms with Gasteiger partial charge < -0.3 is 14.4 Å². The molecular formula is C18H25N5O. The first kappa shape index (κ1) is 16.5. The summed E-state index contributed by atoms with van der Waals surface area (Å²) in [4.78, 5) is 17.1. The summed E-state index contributed by atoms with van der Waals surface area (Å²) in [6.45, 7) is 10.3. The normalized spacial score (nSPS) is 15.5. The molecule has 0 saturated carbocycles. The Morgan fingerprint density at radius 2 is 2.04 bits per heavy atom. The molecule has 0 N–H and O–H groups in total. The number of rotatable bonds is 3. The van der Waals surface area contributed by atoms with Gasteiger partial charge in [-0.2, -0.15) is 5.10 Å². The van der Waals surface area contributed by atoms with E-state index in [-0.39, 0.29) is 5.91 Å². The van der Waals surface area contributed by atoms with Gasteiger partial charge in [-0.1, -0.05) is 0 Å². The van der Waals surface area contributed by atoms with Crippen LogP contribution in [0.2, 0.25) is 0 Å². The first-order valence-corrected chi connectivity index (χ1v) is 8.60. The molecule has 0 spiro atoms. The zero-order chi connectivity index (χ0) is 17.1. The quantitative estimate of drug-likeness (QED) is 0.868. The minimum atomic E-state index is 0.142. The molecule has 3 rings (SSSR count). The van der Waals surface area contributed by atoms with Crippen molar-refractivity contribution in [3.63, 3.8) is 0 Å². The van der Waals surface area contributed by atoms with E-state index < -0.39 is 0 Å². The zero-order valence-electron chi connectivity index (χ0n) is 14.7. The number of aryl methyl sites for hydroxylation is 1. The van der Waals surface area contributed by atoms with Gasteiger partial charge >= 0.3 is 0 Å². The summed E-state index contributed by atoms with van der Waals surface area (Å²) in [6, 6.07) is 5.89. The summed E-state index contributed by atoms with van der Waals surface area (Å²) in [7, 11) is 0. The van der Waals surface area contributed by atoms with Gasteiger partial charge in [-0.25, -0.2) is 0 Å². The lowest BCUT2D eigenvalue weighted by molar-refractivity contribution is 0.0766. The lowest BCUT2D eigenvalue weighted by Crippen LogP contribution is -2.35. The van der Waals surface area contributed by atoms with Crippen molar-refractivity contribution in [1.82, 2.24) is 19.7 Å². The van der Waals surface area contributed by atoms with E-state index in [0.29, 0.717) is 6.54 Å². The first-order valence-electron chi connectivity index (χ1n) is 8.60. The maximum absolute atomic E-state index is 13.0. The SMILES string of the molecule is CCn1c(C)cc(C(=O)N2CCCN(c3cccnn3)CC2)c1C. The van der Waals surface area contributed by atoms with Crippen LogP contribution in [0.15, 0.2) is 24.4 Å². The van der Waals surface area contributed by atoms with Gasteiger partial charge in [0.15, 0.2) is 5.82 Å². The van der Waals surface area contributed by atoms with Crippen molar-refractivity contribution in [2.45, 2.75) is 33.7 Å². The summed E-state index contributed by atoms with van der Waals surface area (Å²) in [5.41, 5.74) is 3.05. The third kappa shape index (κ3) is 3.13. The molecule has 6 heteroatoms. The molecule has 2 aromatic rings. The van der Waals surface area contributed by atoms with Gasteiger partial charge in [0.25, 0.3) is 5.91 Å². The van der Waals surface area contributed by atoms with Crippen LogP contribution in [0, 0.1) is 13.8 Å². The Morgan fingerprint density at radius 3 is 2.71 bits per heavy atom. The van der Waals surface area contributed by atoms with Gasteiger partial charge in [0.1, 0.15) is 0 Å². The Balaban J connectivity index is 1.73. The van der Waals surface area contributed by atoms with Gasteiger partial charge in [0.05, 0.1) is 5.56 Å². The van der Waals surface area contributed by atoms with Crippen LogP contribution in [0.5, 0.6) is 0 Å². The Labute approximate surface area is 143 Å². The molecule has 0 aromatic carbocycles. The van der Waals surface area contributed by atoms with Gasteiger partial charge in [0.2, 0.25) is 0 Å². The molecule has 1 amide bonds. The average Bonchev–Trinajstić information content (AvgIpc) is 2.78. The highest BCUT2D eigenvalue weighted by atomic mass is 16.2. The highest BCUT2D eigenvalue weighted by molar-refractivity contribution is 5.95. The van der Waals surface area contributed by atoms with Crippen LogP contribution < -0.4 is 4.90 Å². The number of amides is 1. The van der Waals surface area contributed by atoms with E-state index in [1.54, 1.807) is 6.20 Å². The van der Waals surface area contributed by atoms with Crippen molar-refractivity contribution in [2.75, 3.05) is 31.1 Å². The molecular weight excluding hydrogens is 302 g/mol. The van der Waals surface area contributed by atoms with Crippen LogP contribution in [0.25, 0.3) is 0 Å². The third-order valence-corrected chi connectivity index (χ3v) is 4.79. The fraction of sp³-hybridized carbons (Fsp3) is 0.500. The summed E-state index contributed by atoms with van der Waals surface area (Å²) < 4.78 is 2.19. The third-order valence-electron chi connectivity index (χ3n) is 4.79. The van der Waals surface area contributed by atoms with E-state index in [1.807, 2.05) is 30.0 Å². The number of carbonyl (C=O) groups excluding carboxylic acids is 1. The predicted octanol–water partition coefficient (Wildman–Crippen LogP) is 2.27. The second-order valence-electron chi connectivity index (χ2n) is 6.24. The second-order valence-corrected chi connectivity index (χ2v) is 6.24. The van der Waals surface area contributed by atoms with E-state index in [0.717, 1.165) is 55.4 Å². The largest absolute Gasteiger partial charge is 0.353 e. The zero-order valence-corrected chi connectivity index (χ0v) is 14.7. The standard InChI is InChI=1S/C18H25N5O/c1-4-23-14(2)13-16(15(23)3)18(24)22-10-6-9-21(11-12-22)17-7-5-8-19-20-17/h5,7-8,13H,4,6,9-12H2,1-3H3. The van der Waals surface area contributed by atoms with Crippen LogP contribution in [0.4, 0.5) is 5.82 Å². The summed E-state index contributed by atoms with van der Waals surface area (Å²) in [5, 5.41) is 8.13. The molecule has 0 unspecified atom stereocenters. The predicted molar refractivity (Wildman–Crippen MR) is 94.3 cm³/mol. The molecule has 0 radical (unpaired) electrons. The molecule has 128 valence electrons. The smallest absolute Gasteiger partial charge is 0.255 e. The van der Waals surface area contributed by atoms with E-state index in [9.17, 15) is 4.79 Å². The minimum Gasteiger partial charge on any atom is -0.353 e. The van der Waals surface area contributed by atoms with Crippen LogP contribution in [-0.4, -0.2) is 51.8 Å². The topological polar surface area (TPSA) is 54.3 Å². The molecule has 0 bridgehead atoms. The average molecular weight is 327 g/mol. The lowest BCUT2D eigenvalue weighted by atomic mass is 10.2. The van der Waals surface area contributed by atoms with Crippen molar-refractivity contribution in [1.29, 1.82) is 0 Å². The van der Waals surface area contributed by atoms with Crippen molar-refractivity contribution in [3.8, 4) is 0 Å². The molecule has 2 aromatic heterocycles.